The molecule has 0 aliphatic rings. The van der Waals surface area contributed by atoms with Crippen LogP contribution in [0.25, 0.3) is 10.9 Å². The number of nitrogens with one attached hydrogen (secondary N) is 1. The molecule has 2 rings (SSSR count). The van der Waals surface area contributed by atoms with E-state index in [0.717, 1.165) is 16.5 Å². The van der Waals surface area contributed by atoms with Crippen molar-refractivity contribution in [1.82, 2.24) is 4.98 Å². The van der Waals surface area contributed by atoms with E-state index in [1.165, 1.54) is 5.56 Å². The molecule has 0 radical (unpaired) electrons. The van der Waals surface area contributed by atoms with Crippen molar-refractivity contribution in [1.29, 1.82) is 0 Å². The molecule has 0 aliphatic heterocycles. The standard InChI is InChI=1S/C15H18N2O2/c1-4-19-15(18)14(16-3)8-11-9-17-13-6-5-10(2)7-12(11)13/h5-7,9,17H,4,8H2,1-3H3/b16-14+. The fourth-order valence-corrected chi connectivity index (χ4v) is 2.08. The number of nitrogens with zero attached hydrogens (tertiary/aromatic N) is 1. The zero-order valence-electron chi connectivity index (χ0n) is 11.5. The monoisotopic (exact) mass is 258 g/mol. The van der Waals surface area contributed by atoms with Gasteiger partial charge in [-0.05, 0) is 31.5 Å². The second-order valence-electron chi connectivity index (χ2n) is 4.43. The fourth-order valence-electron chi connectivity index (χ4n) is 2.08. The Kier molecular flexibility index (Phi) is 4.00. The molecule has 19 heavy (non-hydrogen) atoms. The Labute approximate surface area is 112 Å². The molecule has 0 saturated heterocycles. The van der Waals surface area contributed by atoms with Gasteiger partial charge in [-0.1, -0.05) is 11.6 Å². The number of hydrogen-bond donors (Lipinski definition) is 1. The first-order valence-corrected chi connectivity index (χ1v) is 6.35. The van der Waals surface area contributed by atoms with Gasteiger partial charge in [0, 0.05) is 30.6 Å². The van der Waals surface area contributed by atoms with Crippen molar-refractivity contribution in [2.45, 2.75) is 20.3 Å². The van der Waals surface area contributed by atoms with Gasteiger partial charge in [0.2, 0.25) is 0 Å². The highest BCUT2D eigenvalue weighted by Gasteiger charge is 2.14. The quantitative estimate of drug-likeness (QED) is 0.677. The molecule has 0 spiro atoms. The lowest BCUT2D eigenvalue weighted by atomic mass is 10.1. The molecular formula is C15H18N2O2. The number of benzene rings is 1. The van der Waals surface area contributed by atoms with Gasteiger partial charge in [0.05, 0.1) is 6.61 Å². The van der Waals surface area contributed by atoms with Crippen LogP contribution in [-0.2, 0) is 16.0 Å². The van der Waals surface area contributed by atoms with E-state index in [-0.39, 0.29) is 5.97 Å². The third kappa shape index (κ3) is 2.84. The van der Waals surface area contributed by atoms with Gasteiger partial charge in [0.15, 0.2) is 0 Å². The number of carbonyl (C=O) groups excluding carboxylic acids is 1. The smallest absolute Gasteiger partial charge is 0.352 e. The third-order valence-corrected chi connectivity index (χ3v) is 3.06. The first-order valence-electron chi connectivity index (χ1n) is 6.35. The van der Waals surface area contributed by atoms with Crippen LogP contribution in [0.2, 0.25) is 0 Å². The van der Waals surface area contributed by atoms with E-state index in [1.807, 2.05) is 12.3 Å². The van der Waals surface area contributed by atoms with Crippen LogP contribution < -0.4 is 0 Å². The zero-order chi connectivity index (χ0) is 13.8. The number of aliphatic imine (C=N–C) groups is 1. The van der Waals surface area contributed by atoms with Crippen LogP contribution >= 0.6 is 0 Å². The summed E-state index contributed by atoms with van der Waals surface area (Å²) in [5.41, 5.74) is 3.77. The molecule has 0 amide bonds. The Hall–Kier alpha value is -2.10. The number of H-pyrrole nitrogens is 1. The molecule has 0 bridgehead atoms. The molecule has 1 aromatic carbocycles. The average Bonchev–Trinajstić information content (AvgIpc) is 2.78. The molecule has 4 nitrogen and oxygen atoms in total. The number of aromatic nitrogens is 1. The Morgan fingerprint density at radius 1 is 1.42 bits per heavy atom. The van der Waals surface area contributed by atoms with Crippen molar-refractivity contribution in [3.63, 3.8) is 0 Å². The molecule has 4 heteroatoms. The molecule has 1 aromatic heterocycles. The Balaban J connectivity index is 2.30. The molecule has 100 valence electrons. The van der Waals surface area contributed by atoms with Crippen LogP contribution in [0.3, 0.4) is 0 Å². The van der Waals surface area contributed by atoms with E-state index in [4.69, 9.17) is 4.74 Å². The van der Waals surface area contributed by atoms with Gasteiger partial charge in [0.25, 0.3) is 0 Å². The second-order valence-corrected chi connectivity index (χ2v) is 4.43. The van der Waals surface area contributed by atoms with Gasteiger partial charge in [0.1, 0.15) is 5.71 Å². The van der Waals surface area contributed by atoms with Gasteiger partial charge >= 0.3 is 5.97 Å². The Morgan fingerprint density at radius 2 is 2.21 bits per heavy atom. The summed E-state index contributed by atoms with van der Waals surface area (Å²) in [5.74, 6) is -0.341. The molecule has 0 atom stereocenters. The lowest BCUT2D eigenvalue weighted by Crippen LogP contribution is -2.19. The minimum absolute atomic E-state index is 0.341. The van der Waals surface area contributed by atoms with Gasteiger partial charge in [-0.2, -0.15) is 0 Å². The van der Waals surface area contributed by atoms with Crippen molar-refractivity contribution in [2.24, 2.45) is 4.99 Å². The molecule has 1 N–H and O–H groups in total. The molecule has 2 aromatic rings. The van der Waals surface area contributed by atoms with Crippen molar-refractivity contribution < 1.29 is 9.53 Å². The van der Waals surface area contributed by atoms with Crippen LogP contribution in [0.5, 0.6) is 0 Å². The molecule has 0 aliphatic carbocycles. The summed E-state index contributed by atoms with van der Waals surface area (Å²) in [4.78, 5) is 19.0. The van der Waals surface area contributed by atoms with E-state index >= 15 is 0 Å². The molecule has 0 fully saturated rings. The van der Waals surface area contributed by atoms with Gasteiger partial charge in [-0.15, -0.1) is 0 Å². The van der Waals surface area contributed by atoms with Crippen LogP contribution in [0.15, 0.2) is 29.4 Å². The Bertz CT molecular complexity index is 626. The maximum absolute atomic E-state index is 11.7. The highest BCUT2D eigenvalue weighted by atomic mass is 16.5. The number of rotatable bonds is 4. The van der Waals surface area contributed by atoms with E-state index in [0.29, 0.717) is 18.7 Å². The molecule has 0 unspecified atom stereocenters. The van der Waals surface area contributed by atoms with E-state index in [9.17, 15) is 4.79 Å². The molecule has 0 saturated carbocycles. The minimum atomic E-state index is -0.341. The lowest BCUT2D eigenvalue weighted by Gasteiger charge is -2.04. The predicted molar refractivity (Wildman–Crippen MR) is 76.7 cm³/mol. The highest BCUT2D eigenvalue weighted by molar-refractivity contribution is 6.37. The van der Waals surface area contributed by atoms with Gasteiger partial charge in [-0.25, -0.2) is 4.79 Å². The lowest BCUT2D eigenvalue weighted by molar-refractivity contribution is -0.135. The van der Waals surface area contributed by atoms with Gasteiger partial charge in [-0.3, -0.25) is 4.99 Å². The largest absolute Gasteiger partial charge is 0.462 e. The van der Waals surface area contributed by atoms with Crippen LogP contribution in [-0.4, -0.2) is 30.3 Å². The molecule has 1 heterocycles. The minimum Gasteiger partial charge on any atom is -0.462 e. The maximum Gasteiger partial charge on any atom is 0.352 e. The predicted octanol–water partition coefficient (Wildman–Crippen LogP) is 2.65. The van der Waals surface area contributed by atoms with Crippen molar-refractivity contribution in [3.8, 4) is 0 Å². The number of aromatic amines is 1. The number of ether oxygens (including phenoxy) is 1. The molecular weight excluding hydrogens is 240 g/mol. The van der Waals surface area contributed by atoms with E-state index in [1.54, 1.807) is 14.0 Å². The number of hydrogen-bond acceptors (Lipinski definition) is 3. The average molecular weight is 258 g/mol. The van der Waals surface area contributed by atoms with Crippen molar-refractivity contribution in [3.05, 3.63) is 35.5 Å². The summed E-state index contributed by atoms with van der Waals surface area (Å²) >= 11 is 0. The number of aryl methyl sites for hydroxylation is 1. The maximum atomic E-state index is 11.7. The first kappa shape index (κ1) is 13.3. The van der Waals surface area contributed by atoms with Crippen molar-refractivity contribution >= 4 is 22.6 Å². The van der Waals surface area contributed by atoms with Crippen molar-refractivity contribution in [2.75, 3.05) is 13.7 Å². The fraction of sp³-hybridized carbons (Fsp3) is 0.333. The topological polar surface area (TPSA) is 54.5 Å². The van der Waals surface area contributed by atoms with E-state index < -0.39 is 0 Å². The summed E-state index contributed by atoms with van der Waals surface area (Å²) < 4.78 is 5.00. The normalized spacial score (nSPS) is 11.8. The zero-order valence-corrected chi connectivity index (χ0v) is 11.5. The number of carbonyl (C=O) groups is 1. The van der Waals surface area contributed by atoms with Crippen LogP contribution in [0.4, 0.5) is 0 Å². The number of esters is 1. The first-order chi connectivity index (χ1) is 9.15. The second kappa shape index (κ2) is 5.69. The van der Waals surface area contributed by atoms with Crippen LogP contribution in [0, 0.1) is 6.92 Å². The van der Waals surface area contributed by atoms with Gasteiger partial charge < -0.3 is 9.72 Å². The summed E-state index contributed by atoms with van der Waals surface area (Å²) in [6.07, 6.45) is 2.41. The summed E-state index contributed by atoms with van der Waals surface area (Å²) in [6, 6.07) is 6.21. The SMILES string of the molecule is CCOC(=O)/C(Cc1c[nH]c2ccc(C)cc12)=N/C. The third-order valence-electron chi connectivity index (χ3n) is 3.06. The highest BCUT2D eigenvalue weighted by Crippen LogP contribution is 2.20. The Morgan fingerprint density at radius 3 is 2.89 bits per heavy atom. The summed E-state index contributed by atoms with van der Waals surface area (Å²) in [5, 5.41) is 1.13. The number of fused-ring (bicyclic) bond motifs is 1. The summed E-state index contributed by atoms with van der Waals surface area (Å²) in [7, 11) is 1.62. The van der Waals surface area contributed by atoms with E-state index in [2.05, 4.69) is 29.0 Å². The summed E-state index contributed by atoms with van der Waals surface area (Å²) in [6.45, 7) is 4.21. The van der Waals surface area contributed by atoms with Crippen LogP contribution in [0.1, 0.15) is 18.1 Å².